The Hall–Kier alpha value is -1.42. The summed E-state index contributed by atoms with van der Waals surface area (Å²) in [4.78, 5) is 5.02. The van der Waals surface area contributed by atoms with Crippen molar-refractivity contribution in [1.82, 2.24) is 9.73 Å². The average molecular weight is 489 g/mol. The summed E-state index contributed by atoms with van der Waals surface area (Å²) in [5.41, 5.74) is 5.60. The molecule has 1 atom stereocenters. The maximum Gasteiger partial charge on any atom is 0.243 e. The maximum absolute atomic E-state index is 12.8. The standard InChI is InChI=1S/C24H32N4O3S2/c1-16-22(24-13-17-10-18(14-24)12-19(11-17)15-24)26-27-23(32-16)25-20-2-4-21(5-3-20)33(29,30)28-6-8-31-9-7-28/h2-5,16-19H,6-15H2,1H3,(H,25,27)/t16-,17?,18?,19?,24?/m1/s1. The molecule has 6 aliphatic rings. The summed E-state index contributed by atoms with van der Waals surface area (Å²) in [5, 5.41) is 5.98. The zero-order chi connectivity index (χ0) is 22.6. The van der Waals surface area contributed by atoms with Gasteiger partial charge in [0, 0.05) is 18.5 Å². The van der Waals surface area contributed by atoms with Gasteiger partial charge in [0.1, 0.15) is 0 Å². The average Bonchev–Trinajstić information content (AvgIpc) is 2.79. The van der Waals surface area contributed by atoms with Gasteiger partial charge in [0.2, 0.25) is 10.0 Å². The summed E-state index contributed by atoms with van der Waals surface area (Å²) in [6.45, 7) is 3.94. The minimum Gasteiger partial charge on any atom is -0.379 e. The summed E-state index contributed by atoms with van der Waals surface area (Å²) in [6, 6.07) is 6.83. The van der Waals surface area contributed by atoms with Crippen LogP contribution in [0.5, 0.6) is 0 Å². The molecule has 4 bridgehead atoms. The number of hydrazone groups is 1. The summed E-state index contributed by atoms with van der Waals surface area (Å²) in [5.74, 6) is 2.70. The molecule has 33 heavy (non-hydrogen) atoms. The number of aliphatic imine (C=N–C) groups is 1. The summed E-state index contributed by atoms with van der Waals surface area (Å²) >= 11 is 1.74. The molecule has 1 aromatic rings. The van der Waals surface area contributed by atoms with Crippen molar-refractivity contribution >= 4 is 38.4 Å². The first-order chi connectivity index (χ1) is 15.9. The molecule has 0 radical (unpaired) electrons. The number of ether oxygens (including phenoxy) is 1. The highest BCUT2D eigenvalue weighted by Crippen LogP contribution is 2.61. The summed E-state index contributed by atoms with van der Waals surface area (Å²) < 4.78 is 32.4. The number of rotatable bonds is 4. The van der Waals surface area contributed by atoms with Crippen molar-refractivity contribution in [2.24, 2.45) is 33.3 Å². The van der Waals surface area contributed by atoms with E-state index >= 15 is 0 Å². The molecule has 0 aromatic heterocycles. The Bertz CT molecular complexity index is 1040. The van der Waals surface area contributed by atoms with Gasteiger partial charge in [-0.05, 0) is 87.5 Å². The molecule has 0 amide bonds. The lowest BCUT2D eigenvalue weighted by atomic mass is 9.48. The number of thioether (sulfide) groups is 1. The third kappa shape index (κ3) is 4.05. The first-order valence-electron chi connectivity index (χ1n) is 12.2. The number of morpholine rings is 1. The van der Waals surface area contributed by atoms with E-state index in [0.29, 0.717) is 41.9 Å². The topological polar surface area (TPSA) is 83.4 Å². The Morgan fingerprint density at radius 2 is 1.67 bits per heavy atom. The third-order valence-corrected chi connectivity index (χ3v) is 11.1. The highest BCUT2D eigenvalue weighted by molar-refractivity contribution is 8.15. The van der Waals surface area contributed by atoms with Crippen LogP contribution in [-0.4, -0.2) is 55.2 Å². The molecule has 4 aliphatic carbocycles. The lowest BCUT2D eigenvalue weighted by molar-refractivity contribution is -0.0132. The highest BCUT2D eigenvalue weighted by Gasteiger charge is 2.54. The number of hydrogen-bond donors (Lipinski definition) is 1. The van der Waals surface area contributed by atoms with E-state index < -0.39 is 10.0 Å². The molecule has 7 rings (SSSR count). The fourth-order valence-electron chi connectivity index (χ4n) is 7.22. The number of sulfonamides is 1. The van der Waals surface area contributed by atoms with E-state index in [0.717, 1.165) is 28.6 Å². The van der Waals surface area contributed by atoms with Gasteiger partial charge in [-0.2, -0.15) is 9.41 Å². The first-order valence-corrected chi connectivity index (χ1v) is 14.5. The Labute approximate surface area is 200 Å². The van der Waals surface area contributed by atoms with E-state index in [4.69, 9.17) is 14.8 Å². The molecule has 1 saturated heterocycles. The van der Waals surface area contributed by atoms with Crippen molar-refractivity contribution in [3.63, 3.8) is 0 Å². The Morgan fingerprint density at radius 3 is 2.24 bits per heavy atom. The summed E-state index contributed by atoms with van der Waals surface area (Å²) in [6.07, 6.45) is 8.25. The van der Waals surface area contributed by atoms with Crippen LogP contribution in [0.4, 0.5) is 5.69 Å². The minimum atomic E-state index is -3.49. The van der Waals surface area contributed by atoms with E-state index in [9.17, 15) is 8.42 Å². The lowest BCUT2D eigenvalue weighted by Crippen LogP contribution is -2.53. The Balaban J connectivity index is 1.18. The van der Waals surface area contributed by atoms with Crippen molar-refractivity contribution in [3.8, 4) is 0 Å². The molecule has 4 saturated carbocycles. The van der Waals surface area contributed by atoms with Crippen LogP contribution in [0, 0.1) is 23.2 Å². The largest absolute Gasteiger partial charge is 0.379 e. The fourth-order valence-corrected chi connectivity index (χ4v) is 9.63. The number of nitrogens with one attached hydrogen (secondary N) is 1. The molecule has 1 N–H and O–H groups in total. The third-order valence-electron chi connectivity index (χ3n) is 8.20. The molecule has 2 aliphatic heterocycles. The predicted octanol–water partition coefficient (Wildman–Crippen LogP) is 3.99. The van der Waals surface area contributed by atoms with Gasteiger partial charge in [-0.1, -0.05) is 11.8 Å². The van der Waals surface area contributed by atoms with E-state index in [2.05, 4.69) is 12.3 Å². The van der Waals surface area contributed by atoms with Crippen LogP contribution in [0.2, 0.25) is 0 Å². The molecule has 178 valence electrons. The van der Waals surface area contributed by atoms with Crippen LogP contribution < -0.4 is 5.43 Å². The van der Waals surface area contributed by atoms with Crippen LogP contribution in [-0.2, 0) is 14.8 Å². The molecule has 0 spiro atoms. The Morgan fingerprint density at radius 1 is 1.06 bits per heavy atom. The maximum atomic E-state index is 12.8. The van der Waals surface area contributed by atoms with Crippen molar-refractivity contribution in [1.29, 1.82) is 0 Å². The van der Waals surface area contributed by atoms with Gasteiger partial charge < -0.3 is 4.74 Å². The molecular formula is C24H32N4O3S2. The fraction of sp³-hybridized carbons (Fsp3) is 0.667. The van der Waals surface area contributed by atoms with Crippen molar-refractivity contribution in [3.05, 3.63) is 24.3 Å². The van der Waals surface area contributed by atoms with Gasteiger partial charge in [0.05, 0.1) is 34.8 Å². The van der Waals surface area contributed by atoms with Crippen LogP contribution in [0.1, 0.15) is 45.4 Å². The van der Waals surface area contributed by atoms with Crippen LogP contribution in [0.25, 0.3) is 0 Å². The number of hydrogen-bond acceptors (Lipinski definition) is 6. The van der Waals surface area contributed by atoms with Crippen LogP contribution in [0.15, 0.2) is 39.3 Å². The van der Waals surface area contributed by atoms with E-state index in [1.165, 1.54) is 48.5 Å². The van der Waals surface area contributed by atoms with E-state index in [-0.39, 0.29) is 0 Å². The van der Waals surface area contributed by atoms with E-state index in [1.807, 2.05) is 0 Å². The molecule has 1 aromatic carbocycles. The van der Waals surface area contributed by atoms with Crippen molar-refractivity contribution in [2.45, 2.75) is 55.6 Å². The van der Waals surface area contributed by atoms with Crippen LogP contribution in [0.3, 0.4) is 0 Å². The monoisotopic (exact) mass is 488 g/mol. The smallest absolute Gasteiger partial charge is 0.243 e. The second-order valence-corrected chi connectivity index (χ2v) is 13.8. The van der Waals surface area contributed by atoms with Crippen molar-refractivity contribution in [2.75, 3.05) is 26.3 Å². The SMILES string of the molecule is C[C@H]1SC(=Nc2ccc(S(=O)(=O)N3CCOCC3)cc2)NN=C1C12CC3CC(CC(C3)C1)C2. The molecule has 9 heteroatoms. The van der Waals surface area contributed by atoms with Gasteiger partial charge in [0.25, 0.3) is 0 Å². The molecule has 5 fully saturated rings. The number of nitrogens with zero attached hydrogens (tertiary/aromatic N) is 3. The number of amidine groups is 1. The molecule has 7 nitrogen and oxygen atoms in total. The minimum absolute atomic E-state index is 0.299. The zero-order valence-electron chi connectivity index (χ0n) is 19.1. The quantitative estimate of drug-likeness (QED) is 0.693. The molecule has 0 unspecified atom stereocenters. The lowest BCUT2D eigenvalue weighted by Gasteiger charge is -2.57. The Kier molecular flexibility index (Phi) is 5.59. The van der Waals surface area contributed by atoms with Gasteiger partial charge in [-0.25, -0.2) is 13.4 Å². The molecular weight excluding hydrogens is 456 g/mol. The van der Waals surface area contributed by atoms with Gasteiger partial charge in [0.15, 0.2) is 5.17 Å². The van der Waals surface area contributed by atoms with Gasteiger partial charge in [-0.3, -0.25) is 5.43 Å². The predicted molar refractivity (Wildman–Crippen MR) is 131 cm³/mol. The second kappa shape index (κ2) is 8.36. The normalized spacial score (nSPS) is 37.7. The van der Waals surface area contributed by atoms with E-state index in [1.54, 1.807) is 36.0 Å². The first kappa shape index (κ1) is 22.1. The molecule has 2 heterocycles. The zero-order valence-corrected chi connectivity index (χ0v) is 20.7. The number of benzene rings is 1. The van der Waals surface area contributed by atoms with Crippen LogP contribution >= 0.6 is 11.8 Å². The van der Waals surface area contributed by atoms with Gasteiger partial charge in [-0.15, -0.1) is 0 Å². The highest BCUT2D eigenvalue weighted by atomic mass is 32.2. The van der Waals surface area contributed by atoms with Crippen molar-refractivity contribution < 1.29 is 13.2 Å². The second-order valence-electron chi connectivity index (χ2n) is 10.5. The van der Waals surface area contributed by atoms with Gasteiger partial charge >= 0.3 is 0 Å². The summed E-state index contributed by atoms with van der Waals surface area (Å²) in [7, 11) is -3.49.